The lowest BCUT2D eigenvalue weighted by molar-refractivity contribution is 0.394. The lowest BCUT2D eigenvalue weighted by Gasteiger charge is -2.34. The van der Waals surface area contributed by atoms with Crippen LogP contribution in [-0.4, -0.2) is 31.2 Å². The molecule has 1 N–H and O–H groups in total. The van der Waals surface area contributed by atoms with Crippen LogP contribution in [0, 0.1) is 12.8 Å². The molecule has 18 heavy (non-hydrogen) atoms. The number of aromatic nitrogens is 1. The Balaban J connectivity index is 2.03. The minimum atomic E-state index is 0.753. The van der Waals surface area contributed by atoms with E-state index in [2.05, 4.69) is 51.0 Å². The summed E-state index contributed by atoms with van der Waals surface area (Å²) in [6.07, 6.45) is 4.50. The van der Waals surface area contributed by atoms with E-state index in [1.54, 1.807) is 0 Å². The molecule has 1 aromatic heterocycles. The molecule has 1 aromatic rings. The number of nitrogens with zero attached hydrogens (tertiary/aromatic N) is 2. The van der Waals surface area contributed by atoms with Crippen LogP contribution in [0.5, 0.6) is 0 Å². The van der Waals surface area contributed by atoms with Crippen molar-refractivity contribution in [2.24, 2.45) is 5.92 Å². The highest BCUT2D eigenvalue weighted by molar-refractivity contribution is 9.10. The number of piperidine rings is 1. The van der Waals surface area contributed by atoms with Crippen molar-refractivity contribution in [3.05, 3.63) is 22.3 Å². The highest BCUT2D eigenvalue weighted by Crippen LogP contribution is 2.25. The highest BCUT2D eigenvalue weighted by Gasteiger charge is 2.21. The van der Waals surface area contributed by atoms with Gasteiger partial charge >= 0.3 is 0 Å². The Bertz CT molecular complexity index is 395. The summed E-state index contributed by atoms with van der Waals surface area (Å²) in [6, 6.07) is 2.15. The van der Waals surface area contributed by atoms with E-state index in [0.29, 0.717) is 0 Å². The predicted octanol–water partition coefficient (Wildman–Crippen LogP) is 2.98. The molecule has 2 rings (SSSR count). The predicted molar refractivity (Wildman–Crippen MR) is 80.2 cm³/mol. The van der Waals surface area contributed by atoms with Gasteiger partial charge in [-0.2, -0.15) is 0 Å². The van der Waals surface area contributed by atoms with Crippen molar-refractivity contribution in [2.45, 2.75) is 26.7 Å². The van der Waals surface area contributed by atoms with Crippen LogP contribution in [0.25, 0.3) is 0 Å². The molecule has 0 saturated carbocycles. The first-order valence-electron chi connectivity index (χ1n) is 6.78. The molecule has 1 atom stereocenters. The maximum Gasteiger partial charge on any atom is 0.131 e. The molecule has 0 radical (unpaired) electrons. The van der Waals surface area contributed by atoms with E-state index in [1.165, 1.54) is 18.4 Å². The lowest BCUT2D eigenvalue weighted by atomic mass is 9.97. The van der Waals surface area contributed by atoms with Crippen LogP contribution in [0.4, 0.5) is 5.82 Å². The van der Waals surface area contributed by atoms with Crippen molar-refractivity contribution in [3.63, 3.8) is 0 Å². The molecule has 0 aromatic carbocycles. The summed E-state index contributed by atoms with van der Waals surface area (Å²) in [5.74, 6) is 1.91. The van der Waals surface area contributed by atoms with E-state index in [9.17, 15) is 0 Å². The number of pyridine rings is 1. The fourth-order valence-corrected chi connectivity index (χ4v) is 3.08. The van der Waals surface area contributed by atoms with E-state index in [1.807, 2.05) is 6.20 Å². The normalized spacial score (nSPS) is 20.2. The minimum absolute atomic E-state index is 0.753. The minimum Gasteiger partial charge on any atom is -0.356 e. The summed E-state index contributed by atoms with van der Waals surface area (Å²) >= 11 is 3.48. The average Bonchev–Trinajstić information content (AvgIpc) is 2.36. The van der Waals surface area contributed by atoms with Gasteiger partial charge in [0.15, 0.2) is 0 Å². The van der Waals surface area contributed by atoms with Gasteiger partial charge in [-0.25, -0.2) is 4.98 Å². The van der Waals surface area contributed by atoms with Crippen LogP contribution in [0.15, 0.2) is 16.7 Å². The van der Waals surface area contributed by atoms with Crippen molar-refractivity contribution >= 4 is 21.7 Å². The van der Waals surface area contributed by atoms with Crippen molar-refractivity contribution in [1.29, 1.82) is 0 Å². The van der Waals surface area contributed by atoms with Crippen LogP contribution in [0.1, 0.15) is 25.3 Å². The van der Waals surface area contributed by atoms with Crippen molar-refractivity contribution in [1.82, 2.24) is 10.3 Å². The summed E-state index contributed by atoms with van der Waals surface area (Å²) in [5, 5.41) is 3.46. The standard InChI is InChI=1S/C14H22BrN3/c1-3-16-8-12-5-4-6-18(10-12)14-11(2)7-13(15)9-17-14/h7,9,12,16H,3-6,8,10H2,1-2H3. The van der Waals surface area contributed by atoms with Gasteiger partial charge in [-0.05, 0) is 66.3 Å². The first-order valence-corrected chi connectivity index (χ1v) is 7.57. The van der Waals surface area contributed by atoms with Crippen molar-refractivity contribution < 1.29 is 0 Å². The molecule has 1 unspecified atom stereocenters. The largest absolute Gasteiger partial charge is 0.356 e. The van der Waals surface area contributed by atoms with Crippen molar-refractivity contribution in [2.75, 3.05) is 31.1 Å². The van der Waals surface area contributed by atoms with Gasteiger partial charge in [0, 0.05) is 23.8 Å². The van der Waals surface area contributed by atoms with E-state index in [0.717, 1.165) is 42.4 Å². The van der Waals surface area contributed by atoms with Gasteiger partial charge in [0.25, 0.3) is 0 Å². The molecule has 3 nitrogen and oxygen atoms in total. The molecular weight excluding hydrogens is 290 g/mol. The topological polar surface area (TPSA) is 28.2 Å². The van der Waals surface area contributed by atoms with E-state index < -0.39 is 0 Å². The van der Waals surface area contributed by atoms with Gasteiger partial charge in [-0.3, -0.25) is 0 Å². The van der Waals surface area contributed by atoms with Gasteiger partial charge in [-0.15, -0.1) is 0 Å². The molecule has 0 amide bonds. The van der Waals surface area contributed by atoms with Gasteiger partial charge in [-0.1, -0.05) is 6.92 Å². The maximum absolute atomic E-state index is 4.57. The summed E-state index contributed by atoms with van der Waals surface area (Å²) in [4.78, 5) is 7.01. The zero-order valence-corrected chi connectivity index (χ0v) is 12.8. The van der Waals surface area contributed by atoms with Crippen molar-refractivity contribution in [3.8, 4) is 0 Å². The molecule has 0 spiro atoms. The quantitative estimate of drug-likeness (QED) is 0.926. The van der Waals surface area contributed by atoms with Gasteiger partial charge in [0.2, 0.25) is 0 Å². The monoisotopic (exact) mass is 311 g/mol. The Morgan fingerprint density at radius 3 is 3.11 bits per heavy atom. The molecule has 1 saturated heterocycles. The van der Waals surface area contributed by atoms with Gasteiger partial charge < -0.3 is 10.2 Å². The first-order chi connectivity index (χ1) is 8.70. The van der Waals surface area contributed by atoms with Crippen LogP contribution in [0.2, 0.25) is 0 Å². The summed E-state index contributed by atoms with van der Waals surface area (Å²) < 4.78 is 1.06. The molecular formula is C14H22BrN3. The Morgan fingerprint density at radius 2 is 2.39 bits per heavy atom. The number of nitrogens with one attached hydrogen (secondary N) is 1. The molecule has 1 aliphatic rings. The molecule has 1 fully saturated rings. The third-order valence-electron chi connectivity index (χ3n) is 3.52. The number of halogens is 1. The summed E-state index contributed by atoms with van der Waals surface area (Å²) in [6.45, 7) is 8.76. The zero-order valence-electron chi connectivity index (χ0n) is 11.2. The average molecular weight is 312 g/mol. The zero-order chi connectivity index (χ0) is 13.0. The molecule has 1 aliphatic heterocycles. The van der Waals surface area contributed by atoms with E-state index in [4.69, 9.17) is 0 Å². The number of rotatable bonds is 4. The Morgan fingerprint density at radius 1 is 1.56 bits per heavy atom. The van der Waals surface area contributed by atoms with Gasteiger partial charge in [0.05, 0.1) is 0 Å². The Hall–Kier alpha value is -0.610. The second-order valence-electron chi connectivity index (χ2n) is 5.06. The highest BCUT2D eigenvalue weighted by atomic mass is 79.9. The third kappa shape index (κ3) is 3.45. The lowest BCUT2D eigenvalue weighted by Crippen LogP contribution is -2.40. The number of anilines is 1. The maximum atomic E-state index is 4.57. The number of aryl methyl sites for hydroxylation is 1. The van der Waals surface area contributed by atoms with Gasteiger partial charge in [0.1, 0.15) is 5.82 Å². The van der Waals surface area contributed by atoms with Crippen LogP contribution in [0.3, 0.4) is 0 Å². The number of hydrogen-bond acceptors (Lipinski definition) is 3. The molecule has 4 heteroatoms. The Kier molecular flexibility index (Phi) is 5.01. The first kappa shape index (κ1) is 13.8. The molecule has 0 bridgehead atoms. The third-order valence-corrected chi connectivity index (χ3v) is 3.95. The second kappa shape index (κ2) is 6.53. The smallest absolute Gasteiger partial charge is 0.131 e. The molecule has 0 aliphatic carbocycles. The van der Waals surface area contributed by atoms with E-state index >= 15 is 0 Å². The summed E-state index contributed by atoms with van der Waals surface area (Å²) in [5.41, 5.74) is 1.26. The second-order valence-corrected chi connectivity index (χ2v) is 5.97. The fourth-order valence-electron chi connectivity index (χ4n) is 2.64. The molecule has 2 heterocycles. The van der Waals surface area contributed by atoms with Crippen LogP contribution in [-0.2, 0) is 0 Å². The van der Waals surface area contributed by atoms with E-state index in [-0.39, 0.29) is 0 Å². The van der Waals surface area contributed by atoms with Crippen LogP contribution >= 0.6 is 15.9 Å². The summed E-state index contributed by atoms with van der Waals surface area (Å²) in [7, 11) is 0. The number of hydrogen-bond donors (Lipinski definition) is 1. The Labute approximate surface area is 118 Å². The molecule has 100 valence electrons. The van der Waals surface area contributed by atoms with Crippen LogP contribution < -0.4 is 10.2 Å². The fraction of sp³-hybridized carbons (Fsp3) is 0.643. The SMILES string of the molecule is CCNCC1CCCN(c2ncc(Br)cc2C)C1.